The van der Waals surface area contributed by atoms with E-state index >= 15 is 0 Å². The molecular formula is C19H20ClNO5S2. The van der Waals surface area contributed by atoms with E-state index in [9.17, 15) is 21.6 Å². The van der Waals surface area contributed by atoms with Crippen molar-refractivity contribution in [3.63, 3.8) is 0 Å². The highest BCUT2D eigenvalue weighted by Gasteiger charge is 2.33. The number of benzene rings is 2. The molecular weight excluding hydrogens is 422 g/mol. The van der Waals surface area contributed by atoms with Gasteiger partial charge in [0.2, 0.25) is 10.0 Å². The summed E-state index contributed by atoms with van der Waals surface area (Å²) in [6.07, 6.45) is 2.23. The van der Waals surface area contributed by atoms with Crippen LogP contribution >= 0.6 is 11.6 Å². The Morgan fingerprint density at radius 3 is 2.29 bits per heavy atom. The highest BCUT2D eigenvalue weighted by molar-refractivity contribution is 7.90. The Bertz CT molecular complexity index is 1100. The fraction of sp³-hybridized carbons (Fsp3) is 0.316. The lowest BCUT2D eigenvalue weighted by Crippen LogP contribution is -2.42. The van der Waals surface area contributed by atoms with Crippen molar-refractivity contribution in [1.82, 2.24) is 4.31 Å². The lowest BCUT2D eigenvalue weighted by Gasteiger charge is -2.31. The average molecular weight is 442 g/mol. The number of sulfonamides is 1. The van der Waals surface area contributed by atoms with Gasteiger partial charge in [0.15, 0.2) is 15.6 Å². The standard InChI is InChI=1S/C19H20ClNO5S2/c1-27(23,24)17-7-9-18(10-8-17)28(25,26)21-11-3-5-15(13-21)19(22)14-4-2-6-16(20)12-14/h2,4,6-10,12,15H,3,5,11,13H2,1H3/t15-/m0/s1. The molecule has 1 saturated heterocycles. The highest BCUT2D eigenvalue weighted by atomic mass is 35.5. The van der Waals surface area contributed by atoms with E-state index in [-0.39, 0.29) is 22.1 Å². The van der Waals surface area contributed by atoms with Gasteiger partial charge in [0.05, 0.1) is 9.79 Å². The summed E-state index contributed by atoms with van der Waals surface area (Å²) in [6.45, 7) is 0.400. The third-order valence-electron chi connectivity index (χ3n) is 4.75. The van der Waals surface area contributed by atoms with Crippen LogP contribution in [-0.2, 0) is 19.9 Å². The van der Waals surface area contributed by atoms with E-state index < -0.39 is 25.8 Å². The van der Waals surface area contributed by atoms with Gasteiger partial charge in [-0.25, -0.2) is 16.8 Å². The van der Waals surface area contributed by atoms with Gasteiger partial charge in [0.1, 0.15) is 0 Å². The van der Waals surface area contributed by atoms with Crippen molar-refractivity contribution in [1.29, 1.82) is 0 Å². The second kappa shape index (κ2) is 7.94. The van der Waals surface area contributed by atoms with Gasteiger partial charge in [-0.15, -0.1) is 0 Å². The smallest absolute Gasteiger partial charge is 0.243 e. The molecule has 0 aromatic heterocycles. The number of carbonyl (C=O) groups is 1. The molecule has 1 aliphatic rings. The van der Waals surface area contributed by atoms with Gasteiger partial charge in [-0.1, -0.05) is 23.7 Å². The summed E-state index contributed by atoms with van der Waals surface area (Å²) in [5.74, 6) is -0.577. The van der Waals surface area contributed by atoms with Crippen LogP contribution in [-0.4, -0.2) is 46.3 Å². The summed E-state index contributed by atoms with van der Waals surface area (Å²) in [4.78, 5) is 12.8. The Kier molecular flexibility index (Phi) is 5.95. The van der Waals surface area contributed by atoms with E-state index in [1.54, 1.807) is 24.3 Å². The summed E-state index contributed by atoms with van der Waals surface area (Å²) >= 11 is 5.95. The van der Waals surface area contributed by atoms with E-state index in [0.29, 0.717) is 30.0 Å². The molecule has 0 aliphatic carbocycles. The van der Waals surface area contributed by atoms with Crippen molar-refractivity contribution in [3.05, 3.63) is 59.1 Å². The van der Waals surface area contributed by atoms with E-state index in [2.05, 4.69) is 0 Å². The summed E-state index contributed by atoms with van der Waals surface area (Å²) < 4.78 is 50.3. The Morgan fingerprint density at radius 2 is 1.68 bits per heavy atom. The molecule has 28 heavy (non-hydrogen) atoms. The molecule has 9 heteroatoms. The lowest BCUT2D eigenvalue weighted by molar-refractivity contribution is 0.0872. The predicted molar refractivity (Wildman–Crippen MR) is 107 cm³/mol. The van der Waals surface area contributed by atoms with Crippen LogP contribution < -0.4 is 0 Å². The normalized spacial score (nSPS) is 18.7. The average Bonchev–Trinajstić information content (AvgIpc) is 2.67. The molecule has 2 aromatic rings. The van der Waals surface area contributed by atoms with Gasteiger partial charge < -0.3 is 0 Å². The van der Waals surface area contributed by atoms with Gasteiger partial charge in [0.25, 0.3) is 0 Å². The first-order valence-corrected chi connectivity index (χ1v) is 12.4. The maximum absolute atomic E-state index is 13.0. The van der Waals surface area contributed by atoms with Gasteiger partial charge >= 0.3 is 0 Å². The first kappa shape index (κ1) is 21.0. The van der Waals surface area contributed by atoms with Gasteiger partial charge in [-0.05, 0) is 49.2 Å². The molecule has 1 heterocycles. The number of hydrogen-bond donors (Lipinski definition) is 0. The quantitative estimate of drug-likeness (QED) is 0.665. The fourth-order valence-electron chi connectivity index (χ4n) is 3.26. The second-order valence-electron chi connectivity index (χ2n) is 6.82. The molecule has 0 unspecified atom stereocenters. The lowest BCUT2D eigenvalue weighted by atomic mass is 9.91. The Morgan fingerprint density at radius 1 is 1.04 bits per heavy atom. The molecule has 2 aromatic carbocycles. The van der Waals surface area contributed by atoms with Crippen LogP contribution in [0.3, 0.4) is 0 Å². The fourth-order valence-corrected chi connectivity index (χ4v) is 5.60. The van der Waals surface area contributed by atoms with Crippen LogP contribution in [0.5, 0.6) is 0 Å². The number of nitrogens with zero attached hydrogens (tertiary/aromatic N) is 1. The zero-order valence-corrected chi connectivity index (χ0v) is 17.6. The van der Waals surface area contributed by atoms with Crippen molar-refractivity contribution in [2.45, 2.75) is 22.6 Å². The van der Waals surface area contributed by atoms with Crippen LogP contribution in [0.15, 0.2) is 58.3 Å². The molecule has 0 N–H and O–H groups in total. The molecule has 1 atom stereocenters. The van der Waals surface area contributed by atoms with E-state index in [1.807, 2.05) is 0 Å². The molecule has 0 radical (unpaired) electrons. The molecule has 0 amide bonds. The first-order chi connectivity index (χ1) is 13.1. The monoisotopic (exact) mass is 441 g/mol. The summed E-state index contributed by atoms with van der Waals surface area (Å²) in [5.41, 5.74) is 0.467. The predicted octanol–water partition coefficient (Wildman–Crippen LogP) is 3.03. The van der Waals surface area contributed by atoms with E-state index in [1.165, 1.54) is 28.6 Å². The number of carbonyl (C=O) groups excluding carboxylic acids is 1. The van der Waals surface area contributed by atoms with Crippen LogP contribution in [0.2, 0.25) is 5.02 Å². The second-order valence-corrected chi connectivity index (χ2v) is 11.2. The Labute approximate surface area is 170 Å². The number of rotatable bonds is 5. The Balaban J connectivity index is 1.82. The van der Waals surface area contributed by atoms with Crippen molar-refractivity contribution in [3.8, 4) is 0 Å². The number of halogens is 1. The first-order valence-electron chi connectivity index (χ1n) is 8.69. The summed E-state index contributed by atoms with van der Waals surface area (Å²) in [6, 6.07) is 11.8. The van der Waals surface area contributed by atoms with E-state index in [4.69, 9.17) is 11.6 Å². The van der Waals surface area contributed by atoms with Crippen LogP contribution in [0.25, 0.3) is 0 Å². The van der Waals surface area contributed by atoms with Crippen molar-refractivity contribution >= 4 is 37.2 Å². The molecule has 0 spiro atoms. The highest BCUT2D eigenvalue weighted by Crippen LogP contribution is 2.27. The molecule has 1 fully saturated rings. The van der Waals surface area contributed by atoms with Crippen LogP contribution in [0.4, 0.5) is 0 Å². The van der Waals surface area contributed by atoms with Crippen molar-refractivity contribution in [2.24, 2.45) is 5.92 Å². The number of piperidine rings is 1. The Hall–Kier alpha value is -1.74. The van der Waals surface area contributed by atoms with Crippen LogP contribution in [0.1, 0.15) is 23.2 Å². The zero-order valence-electron chi connectivity index (χ0n) is 15.2. The zero-order chi connectivity index (χ0) is 20.5. The minimum Gasteiger partial charge on any atom is -0.294 e. The van der Waals surface area contributed by atoms with Gasteiger partial charge in [-0.2, -0.15) is 4.31 Å². The van der Waals surface area contributed by atoms with Gasteiger partial charge in [-0.3, -0.25) is 4.79 Å². The van der Waals surface area contributed by atoms with Gasteiger partial charge in [0, 0.05) is 35.8 Å². The minimum atomic E-state index is -3.82. The molecule has 150 valence electrons. The number of hydrogen-bond acceptors (Lipinski definition) is 5. The largest absolute Gasteiger partial charge is 0.294 e. The van der Waals surface area contributed by atoms with Crippen LogP contribution in [0, 0.1) is 5.92 Å². The summed E-state index contributed by atoms with van der Waals surface area (Å²) in [7, 11) is -7.23. The molecule has 0 bridgehead atoms. The number of Topliss-reactive ketones (excluding diaryl/α,β-unsaturated/α-hetero) is 1. The topological polar surface area (TPSA) is 88.6 Å². The number of ketones is 1. The molecule has 0 saturated carbocycles. The molecule has 3 rings (SSSR count). The third-order valence-corrected chi connectivity index (χ3v) is 8.00. The van der Waals surface area contributed by atoms with Crippen molar-refractivity contribution in [2.75, 3.05) is 19.3 Å². The molecule has 6 nitrogen and oxygen atoms in total. The molecule has 1 aliphatic heterocycles. The third kappa shape index (κ3) is 4.46. The minimum absolute atomic E-state index is 0.00996. The summed E-state index contributed by atoms with van der Waals surface area (Å²) in [5, 5.41) is 0.456. The van der Waals surface area contributed by atoms with E-state index in [0.717, 1.165) is 6.26 Å². The van der Waals surface area contributed by atoms with Crippen molar-refractivity contribution < 1.29 is 21.6 Å². The SMILES string of the molecule is CS(=O)(=O)c1ccc(S(=O)(=O)N2CCC[C@H](C(=O)c3cccc(Cl)c3)C2)cc1. The maximum atomic E-state index is 13.0. The number of sulfone groups is 1. The maximum Gasteiger partial charge on any atom is 0.243 e.